The number of nitrogens with one attached hydrogen (secondary N) is 4. The molecule has 5 aromatic rings. The highest BCUT2D eigenvalue weighted by Gasteiger charge is 2.40. The van der Waals surface area contributed by atoms with E-state index in [0.29, 0.717) is 29.7 Å². The van der Waals surface area contributed by atoms with Crippen LogP contribution < -0.4 is 27.2 Å². The second-order valence-electron chi connectivity index (χ2n) is 17.3. The maximum absolute atomic E-state index is 15.1. The number of amides is 4. The lowest BCUT2D eigenvalue weighted by atomic mass is 10.0. The molecule has 4 aromatic heterocycles. The maximum Gasteiger partial charge on any atom is 0.409 e. The van der Waals surface area contributed by atoms with Gasteiger partial charge in [0.2, 0.25) is 17.7 Å². The molecule has 0 saturated carbocycles. The number of thiol groups is 2. The number of rotatable bonds is 25. The predicted octanol–water partition coefficient (Wildman–Crippen LogP) is 3.79. The minimum Gasteiger partial charge on any atom is -0.445 e. The Kier molecular flexibility index (Phi) is 19.9. The quantitative estimate of drug-likeness (QED) is 0.0296. The minimum absolute atomic E-state index is 0.00954. The van der Waals surface area contributed by atoms with Crippen LogP contribution in [0.25, 0.3) is 22.2 Å². The molecule has 6 rings (SSSR count). The summed E-state index contributed by atoms with van der Waals surface area (Å²) in [6, 6.07) is 5.05. The topological polar surface area (TPSA) is 358 Å². The molecule has 0 aliphatic carbocycles. The molecule has 2 unspecified atom stereocenters. The molecule has 1 aromatic carbocycles. The number of aliphatic hydroxyl groups is 1. The number of benzene rings is 1. The van der Waals surface area contributed by atoms with Gasteiger partial charge < -0.3 is 55.8 Å². The first-order valence-corrected chi connectivity index (χ1v) is 28.1. The smallest absolute Gasteiger partial charge is 0.409 e. The summed E-state index contributed by atoms with van der Waals surface area (Å²) in [5, 5.41) is 18.9. The van der Waals surface area contributed by atoms with Crippen molar-refractivity contribution >= 4 is 95.6 Å². The zero-order valence-corrected chi connectivity index (χ0v) is 44.0. The van der Waals surface area contributed by atoms with E-state index in [1.54, 1.807) is 49.6 Å². The number of aromatic nitrogens is 7. The Morgan fingerprint density at radius 2 is 1.77 bits per heavy atom. The Morgan fingerprint density at radius 3 is 2.46 bits per heavy atom. The number of aliphatic hydroxyl groups excluding tert-OH is 1. The molecule has 32 heteroatoms. The van der Waals surface area contributed by atoms with E-state index in [-0.39, 0.29) is 55.5 Å². The molecule has 1 saturated heterocycles. The van der Waals surface area contributed by atoms with Gasteiger partial charge in [-0.3, -0.25) is 41.9 Å². The molecule has 8 N–H and O–H groups in total. The van der Waals surface area contributed by atoms with Gasteiger partial charge in [0.15, 0.2) is 34.7 Å². The molecule has 1 aliphatic heterocycles. The third kappa shape index (κ3) is 15.4. The number of anilines is 2. The van der Waals surface area contributed by atoms with Gasteiger partial charge in [-0.2, -0.15) is 0 Å². The van der Waals surface area contributed by atoms with Gasteiger partial charge in [-0.25, -0.2) is 38.3 Å². The van der Waals surface area contributed by atoms with Crippen molar-refractivity contribution in [1.29, 1.82) is 0 Å². The first kappa shape index (κ1) is 57.9. The summed E-state index contributed by atoms with van der Waals surface area (Å²) in [6.07, 6.45) is -1.87. The van der Waals surface area contributed by atoms with Crippen molar-refractivity contribution in [1.82, 2.24) is 44.3 Å². The Labute approximate surface area is 432 Å². The summed E-state index contributed by atoms with van der Waals surface area (Å²) in [5.41, 5.74) is 6.35. The molecule has 404 valence electrons. The molecular formula is C42H57FN12O15P2S2. The van der Waals surface area contributed by atoms with E-state index in [1.807, 2.05) is 0 Å². The van der Waals surface area contributed by atoms with Crippen molar-refractivity contribution in [3.05, 3.63) is 71.2 Å². The highest BCUT2D eigenvalue weighted by atomic mass is 32.7. The second kappa shape index (κ2) is 25.5. The van der Waals surface area contributed by atoms with E-state index in [2.05, 4.69) is 65.4 Å². The predicted molar refractivity (Wildman–Crippen MR) is 269 cm³/mol. The Hall–Kier alpha value is -5.36. The van der Waals surface area contributed by atoms with Crippen LogP contribution in [0, 0.1) is 11.7 Å². The number of nitrogens with zero attached hydrogens (tertiary/aromatic N) is 7. The zero-order valence-electron chi connectivity index (χ0n) is 40.5. The van der Waals surface area contributed by atoms with Crippen molar-refractivity contribution in [3.8, 4) is 0 Å². The van der Waals surface area contributed by atoms with Crippen molar-refractivity contribution in [2.24, 2.45) is 11.7 Å². The van der Waals surface area contributed by atoms with Gasteiger partial charge >= 0.3 is 19.7 Å². The number of hydrogen-bond acceptors (Lipinski definition) is 19. The number of nitrogens with two attached hydrogens (primary N) is 1. The van der Waals surface area contributed by atoms with Crippen LogP contribution in [-0.2, 0) is 57.9 Å². The molecule has 5 heterocycles. The zero-order chi connectivity index (χ0) is 54.1. The first-order valence-electron chi connectivity index (χ1n) is 22.7. The second-order valence-corrected chi connectivity index (χ2v) is 22.9. The van der Waals surface area contributed by atoms with Crippen molar-refractivity contribution in [2.45, 2.75) is 95.9 Å². The summed E-state index contributed by atoms with van der Waals surface area (Å²) in [4.78, 5) is 92.9. The Morgan fingerprint density at radius 1 is 1.04 bits per heavy atom. The number of fused-ring (bicyclic) bond motifs is 2. The molecule has 1 aliphatic rings. The standard InChI is InChI=1S/C42H57FN12O15P2S2/c1-22(2)32(44)40(60)50-23(3)38(58)51-25-10-8-24(9-11-25)16-66-42(61)53(4)14-6-7-29(56)52-35-33-37(47-19-45-35)55(21-49-33)30-13-12-26(69-30)17-68-72(64,74)70-41(34(57)28(65-5)18-67-71(62,63)73)54-15-27(43)31-36(54)46-20-48-39(31)59/h8-11,15,19-23,26,28,30,32,34,41,57H,6-7,12-14,16-18,44H2,1-5H3,(H,50,60)(H,51,58)(H,64,74)(H,46,48,59)(H2,62,63,73)(H,45,47,52,56)/t23-,26-,28+,30+,32?,34+,41+,72+/m0/s1. The fraction of sp³-hybridized carbons (Fsp3) is 0.500. The van der Waals surface area contributed by atoms with Crippen molar-refractivity contribution in [2.75, 3.05) is 44.5 Å². The number of carbonyl (C=O) groups excluding carboxylic acids is 4. The normalized spacial score (nSPS) is 18.5. The van der Waals surface area contributed by atoms with Crippen LogP contribution in [0.5, 0.6) is 0 Å². The molecule has 4 amide bonds. The summed E-state index contributed by atoms with van der Waals surface area (Å²) in [7, 11) is 2.65. The lowest BCUT2D eigenvalue weighted by molar-refractivity contribution is -0.127. The van der Waals surface area contributed by atoms with E-state index in [9.17, 15) is 43.1 Å². The van der Waals surface area contributed by atoms with Crippen LogP contribution in [0.1, 0.15) is 64.5 Å². The summed E-state index contributed by atoms with van der Waals surface area (Å²) in [6.45, 7) is -4.73. The van der Waals surface area contributed by atoms with E-state index in [1.165, 1.54) is 24.6 Å². The molecule has 0 radical (unpaired) electrons. The molecular weight excluding hydrogens is 1060 g/mol. The van der Waals surface area contributed by atoms with E-state index in [4.69, 9.17) is 33.5 Å². The third-order valence-corrected chi connectivity index (χ3v) is 13.9. The molecule has 9 atom stereocenters. The van der Waals surface area contributed by atoms with Gasteiger partial charge in [0.1, 0.15) is 42.8 Å². The number of halogens is 1. The van der Waals surface area contributed by atoms with Gasteiger partial charge in [0.25, 0.3) is 5.56 Å². The molecule has 0 spiro atoms. The number of methoxy groups -OCH3 is 1. The van der Waals surface area contributed by atoms with Crippen LogP contribution in [0.15, 0.2) is 54.2 Å². The number of imidazole rings is 1. The number of H-pyrrole nitrogens is 1. The molecule has 74 heavy (non-hydrogen) atoms. The average molecular weight is 1120 g/mol. The number of aromatic amines is 1. The SMILES string of the molecule is CO[C@H](COP(=O)(O)S)[C@@H](O)[C@@H](O[P@](=O)(S)OC[C@@H]1CC[C@H](n2cnc3c(NC(=O)CCCN(C)C(=O)OCc4ccc(NC(=O)[C@H](C)NC(=O)C(N)C(C)C)cc4)ncnc32)O1)n1cc(F)c2c(=O)[nH]cnc21. The van der Waals surface area contributed by atoms with Gasteiger partial charge in [-0.1, -0.05) is 50.5 Å². The van der Waals surface area contributed by atoms with E-state index >= 15 is 4.39 Å². The van der Waals surface area contributed by atoms with Gasteiger partial charge in [0, 0.05) is 39.0 Å². The first-order chi connectivity index (χ1) is 34.9. The lowest BCUT2D eigenvalue weighted by Crippen LogP contribution is -2.50. The number of hydrogen-bond donors (Lipinski definition) is 9. The van der Waals surface area contributed by atoms with Gasteiger partial charge in [-0.05, 0) is 49.8 Å². The third-order valence-electron chi connectivity index (χ3n) is 11.5. The molecule has 0 bridgehead atoms. The Bertz CT molecular complexity index is 2950. The molecule has 27 nitrogen and oxygen atoms in total. The highest BCUT2D eigenvalue weighted by Crippen LogP contribution is 2.57. The Balaban J connectivity index is 0.970. The van der Waals surface area contributed by atoms with Crippen LogP contribution in [0.4, 0.5) is 20.7 Å². The maximum atomic E-state index is 15.1. The van der Waals surface area contributed by atoms with Crippen molar-refractivity contribution < 1.29 is 70.5 Å². The fourth-order valence-corrected chi connectivity index (χ4v) is 9.27. The van der Waals surface area contributed by atoms with Gasteiger partial charge in [-0.15, -0.1) is 0 Å². The largest absolute Gasteiger partial charge is 0.445 e. The monoisotopic (exact) mass is 1110 g/mol. The summed E-state index contributed by atoms with van der Waals surface area (Å²) >= 11 is 7.54. The summed E-state index contributed by atoms with van der Waals surface area (Å²) < 4.78 is 75.9. The lowest BCUT2D eigenvalue weighted by Gasteiger charge is -2.31. The highest BCUT2D eigenvalue weighted by molar-refractivity contribution is 8.44. The van der Waals surface area contributed by atoms with Crippen LogP contribution >= 0.6 is 38.1 Å². The van der Waals surface area contributed by atoms with Crippen molar-refractivity contribution in [3.63, 3.8) is 0 Å². The van der Waals surface area contributed by atoms with Crippen LogP contribution in [0.2, 0.25) is 0 Å². The van der Waals surface area contributed by atoms with Crippen LogP contribution in [0.3, 0.4) is 0 Å². The number of ether oxygens (including phenoxy) is 3. The summed E-state index contributed by atoms with van der Waals surface area (Å²) in [5.74, 6) is -2.31. The average Bonchev–Trinajstić information content (AvgIpc) is 4.09. The molecule has 1 fully saturated rings. The van der Waals surface area contributed by atoms with E-state index in [0.717, 1.165) is 24.2 Å². The number of carbonyl (C=O) groups is 4. The van der Waals surface area contributed by atoms with Gasteiger partial charge in [0.05, 0.1) is 38.0 Å². The van der Waals surface area contributed by atoms with E-state index < -0.39 is 104 Å². The minimum atomic E-state index is -4.53. The van der Waals surface area contributed by atoms with Crippen LogP contribution in [-0.4, -0.2) is 137 Å². The fourth-order valence-electron chi connectivity index (χ4n) is 7.32.